The first-order valence-electron chi connectivity index (χ1n) is 6.48. The zero-order valence-electron chi connectivity index (χ0n) is 11.2. The molecule has 106 valence electrons. The van der Waals surface area contributed by atoms with Gasteiger partial charge in [0, 0.05) is 28.3 Å². The monoisotopic (exact) mass is 335 g/mol. The number of anilines is 2. The maximum Gasteiger partial charge on any atom is 0.0954 e. The zero-order valence-corrected chi connectivity index (χ0v) is 12.8. The minimum atomic E-state index is 0.649. The summed E-state index contributed by atoms with van der Waals surface area (Å²) >= 11 is 3.41. The molecule has 0 saturated heterocycles. The Kier molecular flexibility index (Phi) is 5.38. The molecule has 2 aromatic rings. The number of hydrogen-bond acceptors (Lipinski definition) is 4. The lowest BCUT2D eigenvalue weighted by molar-refractivity contribution is 0.149. The lowest BCUT2D eigenvalue weighted by Gasteiger charge is -2.11. The molecule has 0 radical (unpaired) electrons. The van der Waals surface area contributed by atoms with E-state index in [0.29, 0.717) is 13.2 Å². The highest BCUT2D eigenvalue weighted by Crippen LogP contribution is 2.28. The summed E-state index contributed by atoms with van der Waals surface area (Å²) in [4.78, 5) is 4.43. The Morgan fingerprint density at radius 2 is 2.25 bits per heavy atom. The van der Waals surface area contributed by atoms with Gasteiger partial charge in [-0.1, -0.05) is 6.08 Å². The molecule has 4 nitrogen and oxygen atoms in total. The smallest absolute Gasteiger partial charge is 0.0954 e. The maximum atomic E-state index is 5.98. The highest BCUT2D eigenvalue weighted by Gasteiger charge is 2.05. The third-order valence-corrected chi connectivity index (χ3v) is 3.31. The maximum absolute atomic E-state index is 5.98. The van der Waals surface area contributed by atoms with E-state index in [2.05, 4.69) is 32.8 Å². The topological polar surface area (TPSA) is 60.2 Å². The van der Waals surface area contributed by atoms with Crippen LogP contribution in [0.1, 0.15) is 6.42 Å². The summed E-state index contributed by atoms with van der Waals surface area (Å²) in [5, 5.41) is 4.27. The first-order chi connectivity index (χ1) is 9.72. The fraction of sp³-hybridized carbons (Fsp3) is 0.267. The third kappa shape index (κ3) is 3.71. The molecule has 0 aliphatic carbocycles. The largest absolute Gasteiger partial charge is 0.398 e. The molecule has 0 saturated carbocycles. The van der Waals surface area contributed by atoms with Gasteiger partial charge in [0.15, 0.2) is 0 Å². The Hall–Kier alpha value is -1.59. The number of nitrogens with two attached hydrogens (primary N) is 1. The molecular formula is C15H18BrN3O. The quantitative estimate of drug-likeness (QED) is 0.461. The van der Waals surface area contributed by atoms with Crippen LogP contribution in [0.3, 0.4) is 0 Å². The summed E-state index contributed by atoms with van der Waals surface area (Å²) in [5.74, 6) is 0. The molecule has 0 unspecified atom stereocenters. The number of pyridine rings is 1. The van der Waals surface area contributed by atoms with Gasteiger partial charge >= 0.3 is 0 Å². The van der Waals surface area contributed by atoms with E-state index >= 15 is 0 Å². The van der Waals surface area contributed by atoms with E-state index < -0.39 is 0 Å². The average Bonchev–Trinajstić information content (AvgIpc) is 2.45. The number of benzene rings is 1. The zero-order chi connectivity index (χ0) is 14.4. The summed E-state index contributed by atoms with van der Waals surface area (Å²) in [6.07, 6.45) is 4.50. The van der Waals surface area contributed by atoms with E-state index in [4.69, 9.17) is 10.5 Å². The fourth-order valence-corrected chi connectivity index (χ4v) is 2.22. The number of fused-ring (bicyclic) bond motifs is 1. The van der Waals surface area contributed by atoms with Gasteiger partial charge in [0.05, 0.1) is 24.4 Å². The molecule has 1 heterocycles. The minimum absolute atomic E-state index is 0.649. The Morgan fingerprint density at radius 1 is 1.40 bits per heavy atom. The van der Waals surface area contributed by atoms with E-state index in [0.717, 1.165) is 39.7 Å². The number of nitrogen functional groups attached to an aromatic ring is 1. The number of rotatable bonds is 7. The number of halogens is 1. The number of nitrogens with one attached hydrogen (secondary N) is 1. The Labute approximate surface area is 127 Å². The second-order valence-electron chi connectivity index (χ2n) is 4.37. The van der Waals surface area contributed by atoms with Crippen LogP contribution >= 0.6 is 15.9 Å². The lowest BCUT2D eigenvalue weighted by atomic mass is 10.1. The SMILES string of the molecule is C=CCCOCCNc1ccc(N)c2cc(Br)cnc12. The highest BCUT2D eigenvalue weighted by molar-refractivity contribution is 9.10. The van der Waals surface area contributed by atoms with Crippen molar-refractivity contribution in [2.24, 2.45) is 0 Å². The highest BCUT2D eigenvalue weighted by atomic mass is 79.9. The standard InChI is InChI=1S/C15H18BrN3O/c1-2-3-7-20-8-6-18-14-5-4-13(17)12-9-11(16)10-19-15(12)14/h2,4-5,9-10,18H,1,3,6-8,17H2. The Balaban J connectivity index is 2.03. The van der Waals surface area contributed by atoms with Crippen LogP contribution in [-0.2, 0) is 4.74 Å². The summed E-state index contributed by atoms with van der Waals surface area (Å²) in [6.45, 7) is 5.74. The van der Waals surface area contributed by atoms with E-state index in [9.17, 15) is 0 Å². The van der Waals surface area contributed by atoms with Gasteiger partial charge in [0.1, 0.15) is 0 Å². The Bertz CT molecular complexity index is 601. The van der Waals surface area contributed by atoms with Crippen molar-refractivity contribution in [1.82, 2.24) is 4.98 Å². The van der Waals surface area contributed by atoms with Crippen molar-refractivity contribution in [3.63, 3.8) is 0 Å². The molecule has 1 aromatic heterocycles. The molecular weight excluding hydrogens is 318 g/mol. The van der Waals surface area contributed by atoms with Crippen LogP contribution < -0.4 is 11.1 Å². The predicted molar refractivity (Wildman–Crippen MR) is 88.0 cm³/mol. The van der Waals surface area contributed by atoms with Gasteiger partial charge in [-0.3, -0.25) is 4.98 Å². The van der Waals surface area contributed by atoms with Crippen molar-refractivity contribution in [3.05, 3.63) is 41.5 Å². The third-order valence-electron chi connectivity index (χ3n) is 2.88. The number of aromatic nitrogens is 1. The van der Waals surface area contributed by atoms with Crippen LogP contribution in [0.5, 0.6) is 0 Å². The van der Waals surface area contributed by atoms with Crippen LogP contribution in [0.15, 0.2) is 41.5 Å². The van der Waals surface area contributed by atoms with Crippen LogP contribution in [0, 0.1) is 0 Å². The predicted octanol–water partition coefficient (Wildman–Crippen LogP) is 3.58. The van der Waals surface area contributed by atoms with Gasteiger partial charge in [0.2, 0.25) is 0 Å². The van der Waals surface area contributed by atoms with Gasteiger partial charge < -0.3 is 15.8 Å². The average molecular weight is 336 g/mol. The lowest BCUT2D eigenvalue weighted by Crippen LogP contribution is -2.10. The van der Waals surface area contributed by atoms with Crippen LogP contribution in [0.4, 0.5) is 11.4 Å². The molecule has 5 heteroatoms. The van der Waals surface area contributed by atoms with Crippen LogP contribution in [-0.4, -0.2) is 24.7 Å². The van der Waals surface area contributed by atoms with Crippen molar-refractivity contribution < 1.29 is 4.74 Å². The summed E-state index contributed by atoms with van der Waals surface area (Å²) in [7, 11) is 0. The number of hydrogen-bond donors (Lipinski definition) is 2. The van der Waals surface area contributed by atoms with Crippen molar-refractivity contribution in [3.8, 4) is 0 Å². The van der Waals surface area contributed by atoms with E-state index in [-0.39, 0.29) is 0 Å². The van der Waals surface area contributed by atoms with E-state index in [1.807, 2.05) is 24.3 Å². The van der Waals surface area contributed by atoms with Gasteiger partial charge in [-0.25, -0.2) is 0 Å². The van der Waals surface area contributed by atoms with E-state index in [1.165, 1.54) is 0 Å². The summed E-state index contributed by atoms with van der Waals surface area (Å²) in [5.41, 5.74) is 8.55. The van der Waals surface area contributed by atoms with Gasteiger partial charge in [-0.2, -0.15) is 0 Å². The van der Waals surface area contributed by atoms with Crippen molar-refractivity contribution >= 4 is 38.2 Å². The summed E-state index contributed by atoms with van der Waals surface area (Å²) < 4.78 is 6.38. The van der Waals surface area contributed by atoms with Gasteiger partial charge in [-0.15, -0.1) is 6.58 Å². The second kappa shape index (κ2) is 7.26. The van der Waals surface area contributed by atoms with Crippen molar-refractivity contribution in [1.29, 1.82) is 0 Å². The molecule has 1 aromatic carbocycles. The molecule has 0 aliphatic heterocycles. The second-order valence-corrected chi connectivity index (χ2v) is 5.28. The molecule has 0 spiro atoms. The molecule has 3 N–H and O–H groups in total. The molecule has 20 heavy (non-hydrogen) atoms. The normalized spacial score (nSPS) is 10.7. The molecule has 0 aliphatic rings. The van der Waals surface area contributed by atoms with Gasteiger partial charge in [0.25, 0.3) is 0 Å². The minimum Gasteiger partial charge on any atom is -0.398 e. The molecule has 0 atom stereocenters. The fourth-order valence-electron chi connectivity index (χ4n) is 1.89. The van der Waals surface area contributed by atoms with Crippen molar-refractivity contribution in [2.45, 2.75) is 6.42 Å². The van der Waals surface area contributed by atoms with E-state index in [1.54, 1.807) is 6.20 Å². The molecule has 0 bridgehead atoms. The molecule has 0 amide bonds. The summed E-state index contributed by atoms with van der Waals surface area (Å²) in [6, 6.07) is 5.81. The van der Waals surface area contributed by atoms with Crippen molar-refractivity contribution in [2.75, 3.05) is 30.8 Å². The number of nitrogens with zero attached hydrogens (tertiary/aromatic N) is 1. The van der Waals surface area contributed by atoms with Gasteiger partial charge in [-0.05, 0) is 40.5 Å². The van der Waals surface area contributed by atoms with Crippen LogP contribution in [0.2, 0.25) is 0 Å². The molecule has 0 fully saturated rings. The first-order valence-corrected chi connectivity index (χ1v) is 7.28. The molecule has 2 rings (SSSR count). The number of ether oxygens (including phenoxy) is 1. The first kappa shape index (κ1) is 14.8. The Morgan fingerprint density at radius 3 is 3.05 bits per heavy atom. The van der Waals surface area contributed by atoms with Crippen LogP contribution in [0.25, 0.3) is 10.9 Å².